The molecular formula is C63H85N9O8S2. The molecule has 0 bridgehead atoms. The molecule has 6 aliphatic rings. The zero-order valence-electron chi connectivity index (χ0n) is 48.7. The number of aryl methyl sites for hydroxylation is 2. The Morgan fingerprint density at radius 3 is 1.18 bits per heavy atom. The van der Waals surface area contributed by atoms with Crippen molar-refractivity contribution in [2.45, 2.75) is 203 Å². The summed E-state index contributed by atoms with van der Waals surface area (Å²) >= 11 is 0. The number of hydrogen-bond donors (Lipinski definition) is 6. The van der Waals surface area contributed by atoms with Crippen LogP contribution in [0, 0.1) is 27.7 Å². The third-order valence-electron chi connectivity index (χ3n) is 18.4. The lowest BCUT2D eigenvalue weighted by Crippen LogP contribution is -2.48. The van der Waals surface area contributed by atoms with E-state index in [4.69, 9.17) is 0 Å². The summed E-state index contributed by atoms with van der Waals surface area (Å²) in [5.74, 6) is -1.12. The maximum Gasteiger partial charge on any atom is 0.256 e. The molecule has 4 aliphatic carbocycles. The monoisotopic (exact) mass is 1160 g/mol. The summed E-state index contributed by atoms with van der Waals surface area (Å²) in [4.78, 5) is 63.5. The molecule has 17 nitrogen and oxygen atoms in total. The molecule has 0 saturated heterocycles. The van der Waals surface area contributed by atoms with E-state index in [9.17, 15) is 36.0 Å². The zero-order chi connectivity index (χ0) is 57.9. The molecular weight excluding hydrogens is 1070 g/mol. The van der Waals surface area contributed by atoms with Gasteiger partial charge in [0.15, 0.2) is 0 Å². The van der Waals surface area contributed by atoms with Crippen LogP contribution in [0.3, 0.4) is 0 Å². The number of carbonyl (C=O) groups is 4. The van der Waals surface area contributed by atoms with Crippen molar-refractivity contribution in [1.29, 1.82) is 0 Å². The molecule has 0 atom stereocenters. The molecule has 4 fully saturated rings. The molecule has 442 valence electrons. The fraction of sp³-hybridized carbons (Fsp3) is 0.556. The van der Waals surface area contributed by atoms with Gasteiger partial charge in [-0.3, -0.25) is 19.2 Å². The van der Waals surface area contributed by atoms with Crippen LogP contribution < -0.4 is 21.3 Å². The van der Waals surface area contributed by atoms with Gasteiger partial charge in [0.05, 0.1) is 32.1 Å². The van der Waals surface area contributed by atoms with Crippen molar-refractivity contribution in [2.24, 2.45) is 0 Å². The average molecular weight is 1160 g/mol. The minimum Gasteiger partial charge on any atom is -0.358 e. The van der Waals surface area contributed by atoms with Crippen LogP contribution in [-0.4, -0.2) is 121 Å². The Morgan fingerprint density at radius 1 is 0.524 bits per heavy atom. The molecule has 4 amide bonds. The Bertz CT molecular complexity index is 3100. The number of anilines is 2. The van der Waals surface area contributed by atoms with Crippen molar-refractivity contribution in [3.63, 3.8) is 0 Å². The topological polar surface area (TPSA) is 226 Å². The lowest BCUT2D eigenvalue weighted by molar-refractivity contribution is -0.111. The van der Waals surface area contributed by atoms with Crippen LogP contribution in [0.25, 0.3) is 23.3 Å². The highest BCUT2D eigenvalue weighted by Crippen LogP contribution is 2.42. The van der Waals surface area contributed by atoms with Gasteiger partial charge in [-0.15, -0.1) is 0 Å². The van der Waals surface area contributed by atoms with Crippen molar-refractivity contribution in [1.82, 2.24) is 34.1 Å². The number of hydrogen-bond acceptors (Lipinski definition) is 9. The van der Waals surface area contributed by atoms with Crippen molar-refractivity contribution >= 4 is 78.3 Å². The van der Waals surface area contributed by atoms with E-state index >= 15 is 0 Å². The second-order valence-electron chi connectivity index (χ2n) is 24.1. The Kier molecular flexibility index (Phi) is 18.5. The first-order valence-electron chi connectivity index (χ1n) is 30.5. The summed E-state index contributed by atoms with van der Waals surface area (Å²) in [7, 11) is -5.70. The SMILES string of the molecule is Cc1[nH]c(/C=C2\C(=O)Nc3ccc(S(=O)(=O)N(C4CCCCC4)C4CCCCC4)cc32)c(C)c1C(=O)NCCCN(C)CCCNC(=O)c1c(C)[nH]c(/C=C2\C(=O)Nc3ccc(S(=O)(=O)N(C4CCCCC4)C4CCCCC4)cc32)c1C. The van der Waals surface area contributed by atoms with E-state index in [-0.39, 0.29) is 57.6 Å². The van der Waals surface area contributed by atoms with Crippen molar-refractivity contribution in [3.05, 3.63) is 92.6 Å². The number of nitrogens with zero attached hydrogens (tertiary/aromatic N) is 3. The van der Waals surface area contributed by atoms with Gasteiger partial charge in [0.1, 0.15) is 0 Å². The molecule has 19 heteroatoms. The van der Waals surface area contributed by atoms with Gasteiger partial charge in [-0.05, 0) is 172 Å². The van der Waals surface area contributed by atoms with Crippen LogP contribution in [0.2, 0.25) is 0 Å². The van der Waals surface area contributed by atoms with E-state index in [2.05, 4.69) is 36.1 Å². The quantitative estimate of drug-likeness (QED) is 0.0365. The van der Waals surface area contributed by atoms with Gasteiger partial charge in [-0.25, -0.2) is 16.8 Å². The maximum absolute atomic E-state index is 14.6. The number of rotatable bonds is 20. The fourth-order valence-corrected chi connectivity index (χ4v) is 18.0. The third-order valence-corrected chi connectivity index (χ3v) is 22.4. The highest BCUT2D eigenvalue weighted by Gasteiger charge is 2.41. The number of fused-ring (bicyclic) bond motifs is 2. The maximum atomic E-state index is 14.6. The molecule has 0 spiro atoms. The largest absolute Gasteiger partial charge is 0.358 e. The fourth-order valence-electron chi connectivity index (χ4n) is 14.1. The van der Waals surface area contributed by atoms with Gasteiger partial charge in [0.2, 0.25) is 20.0 Å². The number of H-pyrrole nitrogens is 2. The summed E-state index contributed by atoms with van der Waals surface area (Å²) in [5.41, 5.74) is 7.73. The van der Waals surface area contributed by atoms with Gasteiger partial charge in [0, 0.05) is 82.5 Å². The molecule has 82 heavy (non-hydrogen) atoms. The summed E-state index contributed by atoms with van der Waals surface area (Å²) in [5, 5.41) is 12.0. The standard InChI is InChI=1S/C63H85N9O8S2/c1-40-56(38-52-50-36-48(28-30-54(50)68-60(52)73)81(77,78)71(44-20-10-6-11-21-44)45-22-12-7-13-23-45)66-42(3)58(40)62(75)64-32-18-34-70(5)35-19-33-65-63(76)59-41(2)57(67-43(59)4)39-53-51-37-49(29-31-55(51)69-61(53)74)82(79,80)72(46-24-14-8-15-25-46)47-26-16-9-17-27-47/h28-31,36-39,44-47,66-67H,6-27,32-35H2,1-5H3,(H,64,75)(H,65,76)(H,68,73)(H,69,74)/b52-38-,53-39-. The third kappa shape index (κ3) is 12.5. The van der Waals surface area contributed by atoms with Gasteiger partial charge in [-0.2, -0.15) is 8.61 Å². The Hall–Kier alpha value is -5.86. The first kappa shape index (κ1) is 59.3. The molecule has 10 rings (SSSR count). The molecule has 4 heterocycles. The molecule has 4 saturated carbocycles. The van der Waals surface area contributed by atoms with Crippen LogP contribution in [0.1, 0.15) is 207 Å². The number of amides is 4. The zero-order valence-corrected chi connectivity index (χ0v) is 50.4. The van der Waals surface area contributed by atoms with Gasteiger partial charge in [0.25, 0.3) is 23.6 Å². The lowest BCUT2D eigenvalue weighted by atomic mass is 9.91. The van der Waals surface area contributed by atoms with E-state index in [0.717, 1.165) is 128 Å². The van der Waals surface area contributed by atoms with Gasteiger partial charge in [-0.1, -0.05) is 77.0 Å². The summed E-state index contributed by atoms with van der Waals surface area (Å²) in [6.45, 7) is 9.63. The Balaban J connectivity index is 0.714. The normalized spacial score (nSPS) is 19.8. The predicted molar refractivity (Wildman–Crippen MR) is 323 cm³/mol. The van der Waals surface area contributed by atoms with Crippen molar-refractivity contribution in [2.75, 3.05) is 43.9 Å². The van der Waals surface area contributed by atoms with Crippen LogP contribution >= 0.6 is 0 Å². The molecule has 0 unspecified atom stereocenters. The summed E-state index contributed by atoms with van der Waals surface area (Å²) in [6, 6.07) is 9.86. The minimum absolute atomic E-state index is 0.0163. The number of nitrogens with one attached hydrogen (secondary N) is 6. The van der Waals surface area contributed by atoms with Gasteiger partial charge < -0.3 is 36.1 Å². The minimum atomic E-state index is -3.85. The number of sulfonamides is 2. The second kappa shape index (κ2) is 25.6. The molecule has 2 aromatic carbocycles. The first-order chi connectivity index (χ1) is 39.4. The van der Waals surface area contributed by atoms with E-state index < -0.39 is 20.0 Å². The number of benzene rings is 2. The predicted octanol–water partition coefficient (Wildman–Crippen LogP) is 10.7. The van der Waals surface area contributed by atoms with Crippen molar-refractivity contribution in [3.8, 4) is 0 Å². The molecule has 6 N–H and O–H groups in total. The van der Waals surface area contributed by atoms with E-state index in [1.54, 1.807) is 48.6 Å². The number of carbonyl (C=O) groups excluding carboxylic acids is 4. The highest BCUT2D eigenvalue weighted by atomic mass is 32.2. The first-order valence-corrected chi connectivity index (χ1v) is 33.4. The van der Waals surface area contributed by atoms with Crippen LogP contribution in [-0.2, 0) is 29.6 Å². The second-order valence-corrected chi connectivity index (χ2v) is 27.8. The average Bonchev–Trinajstić information content (AvgIpc) is 4.20. The van der Waals surface area contributed by atoms with Crippen LogP contribution in [0.15, 0.2) is 46.2 Å². The van der Waals surface area contributed by atoms with Crippen molar-refractivity contribution < 1.29 is 36.0 Å². The Morgan fingerprint density at radius 2 is 0.854 bits per heavy atom. The summed E-state index contributed by atoms with van der Waals surface area (Å²) < 4.78 is 62.1. The van der Waals surface area contributed by atoms with Crippen LogP contribution in [0.4, 0.5) is 11.4 Å². The number of aromatic nitrogens is 2. The number of aromatic amines is 2. The lowest BCUT2D eigenvalue weighted by Gasteiger charge is -2.40. The smallest absolute Gasteiger partial charge is 0.256 e. The molecule has 2 aliphatic heterocycles. The van der Waals surface area contributed by atoms with Gasteiger partial charge >= 0.3 is 0 Å². The van der Waals surface area contributed by atoms with E-state index in [1.165, 1.54) is 0 Å². The molecule has 4 aromatic rings. The molecule has 0 radical (unpaired) electrons. The Labute approximate surface area is 485 Å². The highest BCUT2D eigenvalue weighted by molar-refractivity contribution is 7.89. The van der Waals surface area contributed by atoms with E-state index in [0.29, 0.717) is 118 Å². The van der Waals surface area contributed by atoms with E-state index in [1.807, 2.05) is 43.4 Å². The van der Waals surface area contributed by atoms with Crippen LogP contribution in [0.5, 0.6) is 0 Å². The molecule has 2 aromatic heterocycles. The summed E-state index contributed by atoms with van der Waals surface area (Å²) in [6.07, 6.45) is 24.5.